The Hall–Kier alpha value is -2.48. The van der Waals surface area contributed by atoms with Crippen LogP contribution in [0.15, 0.2) is 60.8 Å². The molecule has 146 valence electrons. The number of hydrogen-bond acceptors (Lipinski definition) is 1. The van der Waals surface area contributed by atoms with E-state index in [9.17, 15) is 4.39 Å². The highest BCUT2D eigenvalue weighted by molar-refractivity contribution is 5.70. The molecule has 1 aromatic heterocycles. The highest BCUT2D eigenvalue weighted by Gasteiger charge is 2.08. The third-order valence-corrected chi connectivity index (χ3v) is 5.32. The molecule has 0 radical (unpaired) electrons. The summed E-state index contributed by atoms with van der Waals surface area (Å²) in [5.41, 5.74) is 5.77. The third-order valence-electron chi connectivity index (χ3n) is 5.32. The zero-order valence-corrected chi connectivity index (χ0v) is 17.0. The van der Waals surface area contributed by atoms with E-state index in [0.717, 1.165) is 35.2 Å². The lowest BCUT2D eigenvalue weighted by atomic mass is 9.98. The molecule has 1 heterocycles. The van der Waals surface area contributed by atoms with Crippen LogP contribution in [-0.4, -0.2) is 4.98 Å². The van der Waals surface area contributed by atoms with Gasteiger partial charge in [0.05, 0.1) is 0 Å². The molecule has 0 unspecified atom stereocenters. The van der Waals surface area contributed by atoms with Crippen molar-refractivity contribution < 1.29 is 4.39 Å². The molecule has 3 aromatic rings. The third kappa shape index (κ3) is 5.28. The molecule has 0 saturated carbocycles. The average Bonchev–Trinajstić information content (AvgIpc) is 2.74. The number of benzene rings is 2. The lowest BCUT2D eigenvalue weighted by Crippen LogP contribution is -1.90. The van der Waals surface area contributed by atoms with Crippen molar-refractivity contribution in [3.05, 3.63) is 77.9 Å². The summed E-state index contributed by atoms with van der Waals surface area (Å²) in [4.78, 5) is 4.41. The number of halogens is 1. The van der Waals surface area contributed by atoms with Crippen molar-refractivity contribution in [3.8, 4) is 22.3 Å². The summed E-state index contributed by atoms with van der Waals surface area (Å²) in [7, 11) is 0. The summed E-state index contributed by atoms with van der Waals surface area (Å²) >= 11 is 0. The predicted octanol–water partition coefficient (Wildman–Crippen LogP) is 7.63. The number of pyridine rings is 1. The van der Waals surface area contributed by atoms with Crippen molar-refractivity contribution in [3.63, 3.8) is 0 Å². The summed E-state index contributed by atoms with van der Waals surface area (Å²) in [5.74, 6) is -0.190. The average molecular weight is 376 g/mol. The van der Waals surface area contributed by atoms with Crippen LogP contribution in [0.1, 0.15) is 57.2 Å². The first-order valence-electron chi connectivity index (χ1n) is 10.6. The minimum absolute atomic E-state index is 0.190. The molecule has 0 amide bonds. The SMILES string of the molecule is CCCCCCCc1ccc(-c2ccc(-c3ccc(CC)nc3)cc2F)cc1. The molecule has 0 aliphatic heterocycles. The van der Waals surface area contributed by atoms with E-state index in [1.54, 1.807) is 6.07 Å². The van der Waals surface area contributed by atoms with Gasteiger partial charge in [-0.2, -0.15) is 0 Å². The van der Waals surface area contributed by atoms with Crippen LogP contribution in [-0.2, 0) is 12.8 Å². The predicted molar refractivity (Wildman–Crippen MR) is 117 cm³/mol. The Bertz CT molecular complexity index is 866. The van der Waals surface area contributed by atoms with Crippen LogP contribution in [0.5, 0.6) is 0 Å². The summed E-state index contributed by atoms with van der Waals surface area (Å²) < 4.78 is 14.8. The smallest absolute Gasteiger partial charge is 0.131 e. The second-order valence-electron chi connectivity index (χ2n) is 7.45. The lowest BCUT2D eigenvalue weighted by Gasteiger charge is -2.09. The topological polar surface area (TPSA) is 12.9 Å². The fourth-order valence-corrected chi connectivity index (χ4v) is 3.52. The second kappa shape index (κ2) is 10.2. The molecule has 1 nitrogen and oxygen atoms in total. The summed E-state index contributed by atoms with van der Waals surface area (Å²) in [6, 6.07) is 17.8. The molecule has 0 fully saturated rings. The molecule has 2 aromatic carbocycles. The van der Waals surface area contributed by atoms with Gasteiger partial charge in [0.2, 0.25) is 0 Å². The second-order valence-corrected chi connectivity index (χ2v) is 7.45. The molecule has 0 atom stereocenters. The Labute approximate surface area is 168 Å². The molecule has 0 aliphatic carbocycles. The lowest BCUT2D eigenvalue weighted by molar-refractivity contribution is 0.631. The van der Waals surface area contributed by atoms with Crippen molar-refractivity contribution in [1.29, 1.82) is 0 Å². The van der Waals surface area contributed by atoms with Crippen LogP contribution < -0.4 is 0 Å². The van der Waals surface area contributed by atoms with Gasteiger partial charge in [0.1, 0.15) is 5.82 Å². The fourth-order valence-electron chi connectivity index (χ4n) is 3.52. The van der Waals surface area contributed by atoms with Gasteiger partial charge in [0.15, 0.2) is 0 Å². The quantitative estimate of drug-likeness (QED) is 0.350. The van der Waals surface area contributed by atoms with E-state index in [1.165, 1.54) is 37.7 Å². The van der Waals surface area contributed by atoms with Crippen LogP contribution in [0, 0.1) is 5.82 Å². The maximum atomic E-state index is 14.8. The van der Waals surface area contributed by atoms with E-state index < -0.39 is 0 Å². The Morgan fingerprint density at radius 2 is 1.46 bits per heavy atom. The van der Waals surface area contributed by atoms with Crippen LogP contribution in [0.2, 0.25) is 0 Å². The van der Waals surface area contributed by atoms with E-state index >= 15 is 0 Å². The first-order chi connectivity index (χ1) is 13.7. The standard InChI is InChI=1S/C26H30FN/c1-3-5-6-7-8-9-20-10-12-21(13-11-20)25-17-15-22(18-26(25)27)23-14-16-24(4-2)28-19-23/h10-19H,3-9H2,1-2H3. The number of nitrogens with zero attached hydrogens (tertiary/aromatic N) is 1. The maximum absolute atomic E-state index is 14.8. The maximum Gasteiger partial charge on any atom is 0.131 e. The zero-order valence-electron chi connectivity index (χ0n) is 17.0. The summed E-state index contributed by atoms with van der Waals surface area (Å²) in [6.45, 7) is 4.32. The van der Waals surface area contributed by atoms with Gasteiger partial charge in [-0.3, -0.25) is 4.98 Å². The fraction of sp³-hybridized carbons (Fsp3) is 0.346. The van der Waals surface area contributed by atoms with Gasteiger partial charge >= 0.3 is 0 Å². The van der Waals surface area contributed by atoms with Gasteiger partial charge in [-0.15, -0.1) is 0 Å². The van der Waals surface area contributed by atoms with Crippen LogP contribution >= 0.6 is 0 Å². The number of hydrogen-bond donors (Lipinski definition) is 0. The molecule has 0 bridgehead atoms. The normalized spacial score (nSPS) is 11.0. The van der Waals surface area contributed by atoms with Crippen LogP contribution in [0.25, 0.3) is 22.3 Å². The molecule has 0 saturated heterocycles. The molecule has 0 spiro atoms. The van der Waals surface area contributed by atoms with E-state index in [0.29, 0.717) is 5.56 Å². The number of unbranched alkanes of at least 4 members (excludes halogenated alkanes) is 4. The monoisotopic (exact) mass is 375 g/mol. The summed E-state index contributed by atoms with van der Waals surface area (Å²) in [6.07, 6.45) is 10.3. The van der Waals surface area contributed by atoms with E-state index in [1.807, 2.05) is 42.6 Å². The van der Waals surface area contributed by atoms with Gasteiger partial charge in [-0.1, -0.05) is 82.0 Å². The molecule has 0 N–H and O–H groups in total. The largest absolute Gasteiger partial charge is 0.261 e. The van der Waals surface area contributed by atoms with Crippen molar-refractivity contribution in [1.82, 2.24) is 4.98 Å². The van der Waals surface area contributed by atoms with Crippen molar-refractivity contribution in [2.45, 2.75) is 58.8 Å². The Kier molecular flexibility index (Phi) is 7.36. The Morgan fingerprint density at radius 3 is 2.11 bits per heavy atom. The van der Waals surface area contributed by atoms with Crippen LogP contribution in [0.4, 0.5) is 4.39 Å². The molecule has 3 rings (SSSR count). The molecular formula is C26H30FN. The van der Waals surface area contributed by atoms with Crippen molar-refractivity contribution in [2.24, 2.45) is 0 Å². The minimum atomic E-state index is -0.190. The molecule has 28 heavy (non-hydrogen) atoms. The van der Waals surface area contributed by atoms with Gasteiger partial charge in [0.25, 0.3) is 0 Å². The highest BCUT2D eigenvalue weighted by Crippen LogP contribution is 2.28. The summed E-state index contributed by atoms with van der Waals surface area (Å²) in [5, 5.41) is 0. The number of aromatic nitrogens is 1. The molecular weight excluding hydrogens is 345 g/mol. The highest BCUT2D eigenvalue weighted by atomic mass is 19.1. The first-order valence-corrected chi connectivity index (χ1v) is 10.6. The van der Waals surface area contributed by atoms with Crippen molar-refractivity contribution >= 4 is 0 Å². The molecule has 2 heteroatoms. The Morgan fingerprint density at radius 1 is 0.750 bits per heavy atom. The minimum Gasteiger partial charge on any atom is -0.261 e. The van der Waals surface area contributed by atoms with E-state index in [2.05, 4.69) is 31.0 Å². The molecule has 0 aliphatic rings. The van der Waals surface area contributed by atoms with Crippen LogP contribution in [0.3, 0.4) is 0 Å². The van der Waals surface area contributed by atoms with Crippen molar-refractivity contribution in [2.75, 3.05) is 0 Å². The van der Waals surface area contributed by atoms with Gasteiger partial charge in [-0.05, 0) is 48.1 Å². The van der Waals surface area contributed by atoms with Gasteiger partial charge in [0, 0.05) is 23.0 Å². The number of rotatable bonds is 9. The number of aryl methyl sites for hydroxylation is 2. The van der Waals surface area contributed by atoms with E-state index in [-0.39, 0.29) is 5.82 Å². The zero-order chi connectivity index (χ0) is 19.8. The first kappa shape index (κ1) is 20.3. The van der Waals surface area contributed by atoms with Gasteiger partial charge in [-0.25, -0.2) is 4.39 Å². The van der Waals surface area contributed by atoms with Gasteiger partial charge < -0.3 is 0 Å². The van der Waals surface area contributed by atoms with E-state index in [4.69, 9.17) is 0 Å². The Balaban J connectivity index is 1.68.